The number of nitrogens with one attached hydrogen (secondary N) is 3. The van der Waals surface area contributed by atoms with Gasteiger partial charge in [-0.15, -0.1) is 0 Å². The first-order valence-electron chi connectivity index (χ1n) is 9.85. The smallest absolute Gasteiger partial charge is 0.412 e. The maximum Gasteiger partial charge on any atom is 0.412 e. The fourth-order valence-corrected chi connectivity index (χ4v) is 3.03. The maximum absolute atomic E-state index is 13.7. The number of rotatable bonds is 5. The second kappa shape index (κ2) is 9.04. The monoisotopic (exact) mass is 442 g/mol. The number of fused-ring (bicyclic) bond motifs is 1. The number of hydrogen-bond acceptors (Lipinski definition) is 5. The van der Waals surface area contributed by atoms with Crippen molar-refractivity contribution in [1.29, 1.82) is 0 Å². The average Bonchev–Trinajstić information content (AvgIpc) is 2.68. The lowest BCUT2D eigenvalue weighted by atomic mass is 10.2. The molecule has 0 aliphatic carbocycles. The van der Waals surface area contributed by atoms with Crippen LogP contribution in [0.1, 0.15) is 27.2 Å². The number of ether oxygens (including phenoxy) is 1. The summed E-state index contributed by atoms with van der Waals surface area (Å²) >= 11 is 0. The Morgan fingerprint density at radius 1 is 1.06 bits per heavy atom. The van der Waals surface area contributed by atoms with Crippen molar-refractivity contribution in [2.75, 3.05) is 10.6 Å². The molecule has 0 bridgehead atoms. The van der Waals surface area contributed by atoms with Crippen molar-refractivity contribution in [3.63, 3.8) is 0 Å². The Labute approximate surface area is 182 Å². The highest BCUT2D eigenvalue weighted by molar-refractivity contribution is 5.97. The van der Waals surface area contributed by atoms with Gasteiger partial charge in [-0.05, 0) is 51.1 Å². The van der Waals surface area contributed by atoms with Crippen LogP contribution in [-0.2, 0) is 16.1 Å². The minimum Gasteiger partial charge on any atom is -0.444 e. The van der Waals surface area contributed by atoms with E-state index in [0.717, 1.165) is 12.1 Å². The second-order valence-corrected chi connectivity index (χ2v) is 8.04. The number of benzene rings is 2. The summed E-state index contributed by atoms with van der Waals surface area (Å²) in [5.74, 6) is -1.14. The number of para-hydroxylation sites is 1. The molecule has 0 aliphatic rings. The van der Waals surface area contributed by atoms with Crippen LogP contribution >= 0.6 is 0 Å². The Morgan fingerprint density at radius 2 is 1.78 bits per heavy atom. The van der Waals surface area contributed by atoms with Gasteiger partial charge in [0.1, 0.15) is 11.4 Å². The Bertz CT molecular complexity index is 1290. The van der Waals surface area contributed by atoms with Gasteiger partial charge >= 0.3 is 11.8 Å². The van der Waals surface area contributed by atoms with Gasteiger partial charge in [-0.2, -0.15) is 0 Å². The molecule has 0 aliphatic heterocycles. The molecule has 0 saturated carbocycles. The number of amides is 2. The summed E-state index contributed by atoms with van der Waals surface area (Å²) in [7, 11) is 0. The molecule has 10 heteroatoms. The summed E-state index contributed by atoms with van der Waals surface area (Å²) in [4.78, 5) is 50.9. The van der Waals surface area contributed by atoms with Crippen LogP contribution in [0.15, 0.2) is 52.1 Å². The minimum absolute atomic E-state index is 0.0217. The third-order valence-electron chi connectivity index (χ3n) is 4.36. The second-order valence-electron chi connectivity index (χ2n) is 8.04. The quantitative estimate of drug-likeness (QED) is 0.560. The van der Waals surface area contributed by atoms with E-state index in [0.29, 0.717) is 10.9 Å². The van der Waals surface area contributed by atoms with Crippen LogP contribution in [0.2, 0.25) is 0 Å². The lowest BCUT2D eigenvalue weighted by Crippen LogP contribution is -2.31. The first-order chi connectivity index (χ1) is 15.0. The Balaban J connectivity index is 1.76. The van der Waals surface area contributed by atoms with Crippen molar-refractivity contribution in [2.24, 2.45) is 0 Å². The van der Waals surface area contributed by atoms with E-state index in [2.05, 4.69) is 15.6 Å². The molecule has 0 unspecified atom stereocenters. The molecule has 9 nitrogen and oxygen atoms in total. The Hall–Kier alpha value is -3.95. The molecule has 3 N–H and O–H groups in total. The number of aromatic amines is 1. The largest absolute Gasteiger partial charge is 0.444 e. The number of anilines is 2. The summed E-state index contributed by atoms with van der Waals surface area (Å²) < 4.78 is 20.2. The van der Waals surface area contributed by atoms with E-state index in [9.17, 15) is 23.6 Å². The fourth-order valence-electron chi connectivity index (χ4n) is 3.03. The third kappa shape index (κ3) is 5.60. The van der Waals surface area contributed by atoms with Crippen molar-refractivity contribution < 1.29 is 18.7 Å². The summed E-state index contributed by atoms with van der Waals surface area (Å²) in [6.07, 6.45) is -0.899. The SMILES string of the molecule is CC(C)(C)OC(=O)Nc1ccc(F)cc1NC(=O)CCn1c(=O)[nH]c(=O)c2ccccc21. The summed E-state index contributed by atoms with van der Waals surface area (Å²) in [6, 6.07) is 10.0. The third-order valence-corrected chi connectivity index (χ3v) is 4.36. The van der Waals surface area contributed by atoms with E-state index >= 15 is 0 Å². The van der Waals surface area contributed by atoms with Gasteiger partial charge in [0.2, 0.25) is 5.91 Å². The minimum atomic E-state index is -0.758. The normalized spacial score (nSPS) is 11.2. The van der Waals surface area contributed by atoms with Crippen LogP contribution in [0, 0.1) is 5.82 Å². The van der Waals surface area contributed by atoms with Gasteiger partial charge in [0, 0.05) is 13.0 Å². The number of aryl methyl sites for hydroxylation is 1. The van der Waals surface area contributed by atoms with Gasteiger partial charge in [-0.1, -0.05) is 12.1 Å². The molecular formula is C22H23FN4O5. The van der Waals surface area contributed by atoms with E-state index in [-0.39, 0.29) is 24.3 Å². The highest BCUT2D eigenvalue weighted by Crippen LogP contribution is 2.24. The number of carbonyl (C=O) groups is 2. The van der Waals surface area contributed by atoms with Gasteiger partial charge in [-0.3, -0.25) is 24.5 Å². The van der Waals surface area contributed by atoms with Gasteiger partial charge in [0.05, 0.1) is 22.3 Å². The molecule has 0 fully saturated rings. The predicted molar refractivity (Wildman–Crippen MR) is 118 cm³/mol. The lowest BCUT2D eigenvalue weighted by Gasteiger charge is -2.20. The number of nitrogens with zero attached hydrogens (tertiary/aromatic N) is 1. The van der Waals surface area contributed by atoms with Crippen molar-refractivity contribution in [1.82, 2.24) is 9.55 Å². The highest BCUT2D eigenvalue weighted by Gasteiger charge is 2.18. The number of H-pyrrole nitrogens is 1. The van der Waals surface area contributed by atoms with E-state index in [1.54, 1.807) is 45.0 Å². The van der Waals surface area contributed by atoms with E-state index < -0.39 is 34.7 Å². The lowest BCUT2D eigenvalue weighted by molar-refractivity contribution is -0.116. The standard InChI is InChI=1S/C22H23FN4O5/c1-22(2,3)32-21(31)25-15-9-8-13(23)12-16(15)24-18(28)10-11-27-17-7-5-4-6-14(17)19(29)26-20(27)30/h4-9,12H,10-11H2,1-3H3,(H,24,28)(H,25,31)(H,26,29,30). The zero-order valence-corrected chi connectivity index (χ0v) is 17.8. The molecule has 3 aromatic rings. The first kappa shape index (κ1) is 22.7. The summed E-state index contributed by atoms with van der Waals surface area (Å²) in [6.45, 7) is 5.07. The van der Waals surface area contributed by atoms with Crippen molar-refractivity contribution in [3.8, 4) is 0 Å². The van der Waals surface area contributed by atoms with Crippen LogP contribution in [0.5, 0.6) is 0 Å². The molecule has 3 rings (SSSR count). The molecule has 0 radical (unpaired) electrons. The van der Waals surface area contributed by atoms with Gasteiger partial charge < -0.3 is 10.1 Å². The van der Waals surface area contributed by atoms with Crippen LogP contribution < -0.4 is 21.9 Å². The highest BCUT2D eigenvalue weighted by atomic mass is 19.1. The van der Waals surface area contributed by atoms with Crippen LogP contribution in [-0.4, -0.2) is 27.2 Å². The van der Waals surface area contributed by atoms with Gasteiger partial charge in [-0.25, -0.2) is 14.0 Å². The zero-order valence-electron chi connectivity index (χ0n) is 17.8. The number of hydrogen-bond donors (Lipinski definition) is 3. The topological polar surface area (TPSA) is 122 Å². The molecule has 32 heavy (non-hydrogen) atoms. The molecule has 168 valence electrons. The number of carbonyl (C=O) groups excluding carboxylic acids is 2. The average molecular weight is 442 g/mol. The van der Waals surface area contributed by atoms with Crippen molar-refractivity contribution in [3.05, 3.63) is 69.1 Å². The molecule has 0 spiro atoms. The molecule has 0 atom stereocenters. The maximum atomic E-state index is 13.7. The Morgan fingerprint density at radius 3 is 2.50 bits per heavy atom. The first-order valence-corrected chi connectivity index (χ1v) is 9.85. The van der Waals surface area contributed by atoms with Gasteiger partial charge in [0.15, 0.2) is 0 Å². The van der Waals surface area contributed by atoms with Crippen molar-refractivity contribution >= 4 is 34.3 Å². The molecule has 2 aromatic carbocycles. The van der Waals surface area contributed by atoms with E-state index in [4.69, 9.17) is 4.74 Å². The van der Waals surface area contributed by atoms with Crippen LogP contribution in [0.25, 0.3) is 10.9 Å². The Kier molecular flexibility index (Phi) is 6.42. The molecule has 1 aromatic heterocycles. The number of aromatic nitrogens is 2. The van der Waals surface area contributed by atoms with E-state index in [1.807, 2.05) is 0 Å². The summed E-state index contributed by atoms with van der Waals surface area (Å²) in [5.41, 5.74) is -1.30. The molecule has 1 heterocycles. The van der Waals surface area contributed by atoms with Crippen LogP contribution in [0.4, 0.5) is 20.6 Å². The molecule has 0 saturated heterocycles. The fraction of sp³-hybridized carbons (Fsp3) is 0.273. The van der Waals surface area contributed by atoms with Crippen LogP contribution in [0.3, 0.4) is 0 Å². The predicted octanol–water partition coefficient (Wildman–Crippen LogP) is 3.20. The van der Waals surface area contributed by atoms with Gasteiger partial charge in [0.25, 0.3) is 5.56 Å². The zero-order chi connectivity index (χ0) is 23.5. The van der Waals surface area contributed by atoms with E-state index in [1.165, 1.54) is 10.6 Å². The summed E-state index contributed by atoms with van der Waals surface area (Å²) in [5, 5.41) is 5.33. The number of halogens is 1. The van der Waals surface area contributed by atoms with Crippen molar-refractivity contribution in [2.45, 2.75) is 39.3 Å². The molecule has 2 amide bonds. The molecular weight excluding hydrogens is 419 g/mol.